The second-order valence-electron chi connectivity index (χ2n) is 5.15. The van der Waals surface area contributed by atoms with Crippen LogP contribution < -0.4 is 0 Å². The highest BCUT2D eigenvalue weighted by atomic mass is 19.4. The van der Waals surface area contributed by atoms with Crippen LogP contribution in [0.25, 0.3) is 11.1 Å². The van der Waals surface area contributed by atoms with E-state index in [1.54, 1.807) is 0 Å². The molecular formula is C15H10F7N. The molecule has 0 aliphatic heterocycles. The molecule has 0 spiro atoms. The zero-order valence-corrected chi connectivity index (χ0v) is 11.9. The maximum absolute atomic E-state index is 13.7. The van der Waals surface area contributed by atoms with Gasteiger partial charge in [-0.05, 0) is 23.1 Å². The maximum atomic E-state index is 13.7. The van der Waals surface area contributed by atoms with E-state index < -0.39 is 52.3 Å². The molecule has 0 amide bonds. The molecular weight excluding hydrogens is 327 g/mol. The van der Waals surface area contributed by atoms with Crippen molar-refractivity contribution in [2.24, 2.45) is 0 Å². The molecule has 0 saturated carbocycles. The summed E-state index contributed by atoms with van der Waals surface area (Å²) in [4.78, 5) is 2.41. The highest BCUT2D eigenvalue weighted by Gasteiger charge is 2.34. The van der Waals surface area contributed by atoms with Gasteiger partial charge in [-0.2, -0.15) is 26.9 Å². The van der Waals surface area contributed by atoms with E-state index >= 15 is 0 Å². The summed E-state index contributed by atoms with van der Waals surface area (Å²) in [6, 6.07) is 2.25. The summed E-state index contributed by atoms with van der Waals surface area (Å²) in [5, 5.41) is 0. The van der Waals surface area contributed by atoms with Gasteiger partial charge in [-0.3, -0.25) is 0 Å². The summed E-state index contributed by atoms with van der Waals surface area (Å²) in [5.74, 6) is -7.90. The van der Waals surface area contributed by atoms with Gasteiger partial charge in [0.2, 0.25) is 0 Å². The summed E-state index contributed by atoms with van der Waals surface area (Å²) in [7, 11) is 0. The first-order valence-electron chi connectivity index (χ1n) is 6.45. The third kappa shape index (κ3) is 3.16. The van der Waals surface area contributed by atoms with Crippen molar-refractivity contribution in [2.45, 2.75) is 25.9 Å². The van der Waals surface area contributed by atoms with Gasteiger partial charge in [-0.15, -0.1) is 0 Å². The molecule has 0 unspecified atom stereocenters. The van der Waals surface area contributed by atoms with Crippen molar-refractivity contribution in [2.75, 3.05) is 0 Å². The topological polar surface area (TPSA) is 12.9 Å². The molecule has 1 heterocycles. The average Bonchev–Trinajstić information content (AvgIpc) is 2.44. The molecule has 124 valence electrons. The van der Waals surface area contributed by atoms with Gasteiger partial charge in [0.05, 0.1) is 11.1 Å². The third-order valence-corrected chi connectivity index (χ3v) is 3.27. The van der Waals surface area contributed by atoms with Crippen molar-refractivity contribution in [1.29, 1.82) is 0 Å². The van der Waals surface area contributed by atoms with E-state index in [4.69, 9.17) is 0 Å². The van der Waals surface area contributed by atoms with E-state index in [1.807, 2.05) is 0 Å². The van der Waals surface area contributed by atoms with Crippen LogP contribution in [0.4, 0.5) is 30.7 Å². The Morgan fingerprint density at radius 1 is 0.913 bits per heavy atom. The van der Waals surface area contributed by atoms with Gasteiger partial charge >= 0.3 is 6.18 Å². The molecule has 1 nitrogen and oxygen atoms in total. The molecule has 0 aliphatic carbocycles. The van der Waals surface area contributed by atoms with E-state index in [-0.39, 0.29) is 5.56 Å². The van der Waals surface area contributed by atoms with Gasteiger partial charge in [0.15, 0.2) is 11.6 Å². The number of rotatable bonds is 2. The van der Waals surface area contributed by atoms with Crippen LogP contribution in [0.5, 0.6) is 0 Å². The van der Waals surface area contributed by atoms with Crippen LogP contribution in [0.1, 0.15) is 30.9 Å². The Hall–Kier alpha value is -2.12. The fourth-order valence-corrected chi connectivity index (χ4v) is 2.19. The monoisotopic (exact) mass is 337 g/mol. The smallest absolute Gasteiger partial charge is 0.201 e. The van der Waals surface area contributed by atoms with Gasteiger partial charge < -0.3 is 0 Å². The Morgan fingerprint density at radius 3 is 1.87 bits per heavy atom. The summed E-state index contributed by atoms with van der Waals surface area (Å²) in [5.41, 5.74) is -2.72. The average molecular weight is 337 g/mol. The molecule has 0 saturated heterocycles. The molecule has 8 heteroatoms. The van der Waals surface area contributed by atoms with Crippen molar-refractivity contribution in [1.82, 2.24) is 4.98 Å². The molecule has 1 aromatic carbocycles. The lowest BCUT2D eigenvalue weighted by molar-refractivity contribution is -0.138. The van der Waals surface area contributed by atoms with Gasteiger partial charge in [-0.25, -0.2) is 8.78 Å². The number of hydrogen-bond acceptors (Lipinski definition) is 1. The molecule has 1 aromatic heterocycles. The quantitative estimate of drug-likeness (QED) is 0.525. The van der Waals surface area contributed by atoms with E-state index in [9.17, 15) is 30.7 Å². The molecule has 0 atom stereocenters. The van der Waals surface area contributed by atoms with Crippen LogP contribution in [0.2, 0.25) is 0 Å². The fraction of sp³-hybridized carbons (Fsp3) is 0.267. The Balaban J connectivity index is 2.75. The lowest BCUT2D eigenvalue weighted by atomic mass is 9.92. The predicted molar refractivity (Wildman–Crippen MR) is 68.6 cm³/mol. The highest BCUT2D eigenvalue weighted by Crippen LogP contribution is 2.38. The van der Waals surface area contributed by atoms with Crippen molar-refractivity contribution in [3.05, 3.63) is 52.9 Å². The number of hydrogen-bond donors (Lipinski definition) is 0. The molecule has 0 radical (unpaired) electrons. The lowest BCUT2D eigenvalue weighted by Crippen LogP contribution is -2.11. The van der Waals surface area contributed by atoms with Crippen LogP contribution in [0, 0.1) is 23.5 Å². The first kappa shape index (κ1) is 17.2. The van der Waals surface area contributed by atoms with E-state index in [1.165, 1.54) is 13.8 Å². The summed E-state index contributed by atoms with van der Waals surface area (Å²) in [6.45, 7) is 2.91. The van der Waals surface area contributed by atoms with E-state index in [2.05, 4.69) is 4.98 Å². The van der Waals surface area contributed by atoms with Gasteiger partial charge in [0.1, 0.15) is 0 Å². The molecule has 0 fully saturated rings. The van der Waals surface area contributed by atoms with E-state index in [0.29, 0.717) is 6.07 Å². The predicted octanol–water partition coefficient (Wildman–Crippen LogP) is 5.45. The third-order valence-electron chi connectivity index (χ3n) is 3.27. The van der Waals surface area contributed by atoms with Gasteiger partial charge in [-0.1, -0.05) is 26.0 Å². The normalized spacial score (nSPS) is 12.1. The van der Waals surface area contributed by atoms with Gasteiger partial charge in [0, 0.05) is 0 Å². The second-order valence-corrected chi connectivity index (χ2v) is 5.15. The van der Waals surface area contributed by atoms with Crippen LogP contribution in [0.15, 0.2) is 18.2 Å². The lowest BCUT2D eigenvalue weighted by Gasteiger charge is -2.17. The molecule has 0 aliphatic rings. The summed E-state index contributed by atoms with van der Waals surface area (Å²) >= 11 is 0. The summed E-state index contributed by atoms with van der Waals surface area (Å²) in [6.07, 6.45) is -4.66. The van der Waals surface area contributed by atoms with Crippen LogP contribution in [-0.2, 0) is 6.18 Å². The Morgan fingerprint density at radius 2 is 1.43 bits per heavy atom. The van der Waals surface area contributed by atoms with Crippen molar-refractivity contribution >= 4 is 0 Å². The molecule has 2 rings (SSSR count). The Labute approximate surface area is 126 Å². The van der Waals surface area contributed by atoms with Crippen LogP contribution in [-0.4, -0.2) is 4.98 Å². The molecule has 0 N–H and O–H groups in total. The standard InChI is InChI=1S/C15H10F7N/c1-6(2)8-5-7(3-4-9(8)15(20,21)22)10-11(16)13(18)23-14(19)12(10)17/h3-6H,1-2H3. The Kier molecular flexibility index (Phi) is 4.37. The fourth-order valence-electron chi connectivity index (χ4n) is 2.19. The zero-order chi connectivity index (χ0) is 17.5. The minimum atomic E-state index is -4.66. The first-order chi connectivity index (χ1) is 10.5. The SMILES string of the molecule is CC(C)c1cc(-c2c(F)c(F)nc(F)c2F)ccc1C(F)(F)F. The Bertz CT molecular complexity index is 724. The number of benzene rings is 1. The minimum absolute atomic E-state index is 0.244. The second kappa shape index (κ2) is 5.82. The molecule has 2 aromatic rings. The summed E-state index contributed by atoms with van der Waals surface area (Å²) < 4.78 is 92.6. The van der Waals surface area contributed by atoms with Crippen molar-refractivity contribution in [3.8, 4) is 11.1 Å². The highest BCUT2D eigenvalue weighted by molar-refractivity contribution is 5.66. The largest absolute Gasteiger partial charge is 0.416 e. The van der Waals surface area contributed by atoms with Crippen LogP contribution in [0.3, 0.4) is 0 Å². The maximum Gasteiger partial charge on any atom is 0.416 e. The first-order valence-corrected chi connectivity index (χ1v) is 6.45. The number of pyridine rings is 1. The number of halogens is 7. The zero-order valence-electron chi connectivity index (χ0n) is 11.9. The number of nitrogens with zero attached hydrogens (tertiary/aromatic N) is 1. The van der Waals surface area contributed by atoms with Crippen LogP contribution >= 0.6 is 0 Å². The number of aromatic nitrogens is 1. The minimum Gasteiger partial charge on any atom is -0.201 e. The van der Waals surface area contributed by atoms with Gasteiger partial charge in [0.25, 0.3) is 11.9 Å². The van der Waals surface area contributed by atoms with Crippen molar-refractivity contribution < 1.29 is 30.7 Å². The molecule has 23 heavy (non-hydrogen) atoms. The van der Waals surface area contributed by atoms with Crippen molar-refractivity contribution in [3.63, 3.8) is 0 Å². The van der Waals surface area contributed by atoms with E-state index in [0.717, 1.165) is 12.1 Å². The number of alkyl halides is 3. The molecule has 0 bridgehead atoms.